The van der Waals surface area contributed by atoms with Crippen molar-refractivity contribution in [1.29, 1.82) is 0 Å². The monoisotopic (exact) mass is 279 g/mol. The van der Waals surface area contributed by atoms with Crippen LogP contribution in [-0.2, 0) is 13.6 Å². The highest BCUT2D eigenvalue weighted by molar-refractivity contribution is 5.95. The Bertz CT molecular complexity index is 805. The largest absolute Gasteiger partial charge is 0.348 e. The molecule has 0 radical (unpaired) electrons. The Hall–Kier alpha value is -2.62. The number of carbonyl (C=O) groups is 1. The van der Waals surface area contributed by atoms with Crippen LogP contribution in [0.2, 0.25) is 0 Å². The number of rotatable bonds is 3. The van der Waals surface area contributed by atoms with E-state index in [-0.39, 0.29) is 5.91 Å². The highest BCUT2D eigenvalue weighted by Crippen LogP contribution is 2.14. The molecule has 0 aliphatic rings. The van der Waals surface area contributed by atoms with Crippen molar-refractivity contribution in [1.82, 2.24) is 14.9 Å². The summed E-state index contributed by atoms with van der Waals surface area (Å²) in [6.45, 7) is 2.44. The molecule has 3 rings (SSSR count). The number of hydrogen-bond donors (Lipinski definition) is 1. The lowest BCUT2D eigenvalue weighted by Crippen LogP contribution is -2.23. The van der Waals surface area contributed by atoms with Gasteiger partial charge in [0.15, 0.2) is 0 Å². The number of benzene rings is 2. The van der Waals surface area contributed by atoms with E-state index in [1.54, 1.807) is 6.33 Å². The van der Waals surface area contributed by atoms with Crippen LogP contribution in [-0.4, -0.2) is 15.5 Å². The Morgan fingerprint density at radius 2 is 2.05 bits per heavy atom. The number of imidazole rings is 1. The maximum absolute atomic E-state index is 12.2. The second-order valence-corrected chi connectivity index (χ2v) is 5.18. The summed E-state index contributed by atoms with van der Waals surface area (Å²) in [4.78, 5) is 16.5. The molecular weight excluding hydrogens is 262 g/mol. The zero-order valence-corrected chi connectivity index (χ0v) is 12.1. The van der Waals surface area contributed by atoms with E-state index in [0.29, 0.717) is 6.54 Å². The third-order valence-corrected chi connectivity index (χ3v) is 3.63. The Labute approximate surface area is 123 Å². The first-order chi connectivity index (χ1) is 10.1. The fraction of sp³-hybridized carbons (Fsp3) is 0.176. The molecule has 0 fully saturated rings. The number of amides is 1. The van der Waals surface area contributed by atoms with Crippen LogP contribution in [0.25, 0.3) is 11.0 Å². The molecular formula is C17H17N3O. The second kappa shape index (κ2) is 5.40. The molecule has 106 valence electrons. The van der Waals surface area contributed by atoms with Gasteiger partial charge < -0.3 is 9.88 Å². The summed E-state index contributed by atoms with van der Waals surface area (Å²) >= 11 is 0. The lowest BCUT2D eigenvalue weighted by molar-refractivity contribution is 0.0950. The Morgan fingerprint density at radius 3 is 2.86 bits per heavy atom. The highest BCUT2D eigenvalue weighted by Gasteiger charge is 2.08. The van der Waals surface area contributed by atoms with Crippen molar-refractivity contribution < 1.29 is 4.79 Å². The van der Waals surface area contributed by atoms with E-state index >= 15 is 0 Å². The van der Waals surface area contributed by atoms with Gasteiger partial charge in [0.25, 0.3) is 5.91 Å². The predicted octanol–water partition coefficient (Wildman–Crippen LogP) is 2.81. The van der Waals surface area contributed by atoms with Crippen LogP contribution < -0.4 is 5.32 Å². The highest BCUT2D eigenvalue weighted by atomic mass is 16.1. The summed E-state index contributed by atoms with van der Waals surface area (Å²) in [6, 6.07) is 13.6. The molecule has 2 aromatic carbocycles. The summed E-state index contributed by atoms with van der Waals surface area (Å²) in [6.07, 6.45) is 1.79. The zero-order valence-electron chi connectivity index (χ0n) is 12.1. The second-order valence-electron chi connectivity index (χ2n) is 5.18. The molecule has 1 heterocycles. The van der Waals surface area contributed by atoms with E-state index < -0.39 is 0 Å². The molecule has 4 heteroatoms. The van der Waals surface area contributed by atoms with Gasteiger partial charge in [-0.25, -0.2) is 4.98 Å². The van der Waals surface area contributed by atoms with Crippen LogP contribution in [0.1, 0.15) is 21.5 Å². The Balaban J connectivity index is 1.74. The Morgan fingerprint density at radius 1 is 1.24 bits per heavy atom. The summed E-state index contributed by atoms with van der Waals surface area (Å²) in [5.41, 5.74) is 4.78. The number of hydrogen-bond acceptors (Lipinski definition) is 2. The maximum atomic E-state index is 12.2. The average Bonchev–Trinajstić information content (AvgIpc) is 2.86. The van der Waals surface area contributed by atoms with Gasteiger partial charge in [-0.1, -0.05) is 24.3 Å². The van der Waals surface area contributed by atoms with Crippen LogP contribution in [0.4, 0.5) is 0 Å². The maximum Gasteiger partial charge on any atom is 0.251 e. The lowest BCUT2D eigenvalue weighted by Gasteiger charge is -2.07. The fourth-order valence-electron chi connectivity index (χ4n) is 2.40. The molecule has 0 saturated heterocycles. The van der Waals surface area contributed by atoms with Gasteiger partial charge in [0, 0.05) is 19.2 Å². The third-order valence-electron chi connectivity index (χ3n) is 3.63. The van der Waals surface area contributed by atoms with Crippen molar-refractivity contribution in [3.63, 3.8) is 0 Å². The average molecular weight is 279 g/mol. The van der Waals surface area contributed by atoms with Crippen LogP contribution in [0.15, 0.2) is 48.8 Å². The number of nitrogens with zero attached hydrogens (tertiary/aromatic N) is 2. The summed E-state index contributed by atoms with van der Waals surface area (Å²) in [5, 5.41) is 2.95. The number of carbonyl (C=O) groups excluding carboxylic acids is 1. The topological polar surface area (TPSA) is 46.9 Å². The van der Waals surface area contributed by atoms with Gasteiger partial charge in [0.1, 0.15) is 0 Å². The molecule has 3 aromatic rings. The van der Waals surface area contributed by atoms with Crippen LogP contribution in [0.3, 0.4) is 0 Å². The van der Waals surface area contributed by atoms with Gasteiger partial charge in [-0.05, 0) is 36.2 Å². The van der Waals surface area contributed by atoms with Gasteiger partial charge in [0.05, 0.1) is 17.4 Å². The van der Waals surface area contributed by atoms with Crippen molar-refractivity contribution in [3.05, 3.63) is 65.5 Å². The molecule has 0 spiro atoms. The molecule has 0 atom stereocenters. The minimum Gasteiger partial charge on any atom is -0.348 e. The first kappa shape index (κ1) is 13.4. The SMILES string of the molecule is Cc1ccccc1C(=O)NCc1ccc2c(c1)ncn2C. The van der Waals surface area contributed by atoms with Gasteiger partial charge in [-0.15, -0.1) is 0 Å². The van der Waals surface area contributed by atoms with E-state index in [1.807, 2.05) is 61.0 Å². The van der Waals surface area contributed by atoms with E-state index in [4.69, 9.17) is 0 Å². The van der Waals surface area contributed by atoms with Crippen LogP contribution >= 0.6 is 0 Å². The molecule has 0 unspecified atom stereocenters. The molecule has 1 amide bonds. The summed E-state index contributed by atoms with van der Waals surface area (Å²) in [7, 11) is 1.97. The Kier molecular flexibility index (Phi) is 3.44. The first-order valence-electron chi connectivity index (χ1n) is 6.89. The van der Waals surface area contributed by atoms with Crippen molar-refractivity contribution in [2.75, 3.05) is 0 Å². The predicted molar refractivity (Wildman–Crippen MR) is 83.1 cm³/mol. The summed E-state index contributed by atoms with van der Waals surface area (Å²) < 4.78 is 1.98. The van der Waals surface area contributed by atoms with Crippen molar-refractivity contribution in [2.45, 2.75) is 13.5 Å². The molecule has 0 saturated carbocycles. The minimum atomic E-state index is -0.0470. The van der Waals surface area contributed by atoms with Gasteiger partial charge in [0.2, 0.25) is 0 Å². The molecule has 0 aliphatic carbocycles. The van der Waals surface area contributed by atoms with Crippen LogP contribution in [0, 0.1) is 6.92 Å². The third kappa shape index (κ3) is 2.65. The van der Waals surface area contributed by atoms with Gasteiger partial charge in [-0.3, -0.25) is 4.79 Å². The minimum absolute atomic E-state index is 0.0470. The van der Waals surface area contributed by atoms with Gasteiger partial charge in [-0.2, -0.15) is 0 Å². The molecule has 1 aromatic heterocycles. The van der Waals surface area contributed by atoms with Crippen molar-refractivity contribution >= 4 is 16.9 Å². The number of nitrogens with one attached hydrogen (secondary N) is 1. The number of aryl methyl sites for hydroxylation is 2. The van der Waals surface area contributed by atoms with E-state index in [0.717, 1.165) is 27.7 Å². The standard InChI is InChI=1S/C17H17N3O/c1-12-5-3-4-6-14(12)17(21)18-10-13-7-8-16-15(9-13)19-11-20(16)2/h3-9,11H,10H2,1-2H3,(H,18,21). The number of aromatic nitrogens is 2. The van der Waals surface area contributed by atoms with E-state index in [1.165, 1.54) is 0 Å². The first-order valence-corrected chi connectivity index (χ1v) is 6.89. The molecule has 21 heavy (non-hydrogen) atoms. The van der Waals surface area contributed by atoms with Crippen LogP contribution in [0.5, 0.6) is 0 Å². The molecule has 4 nitrogen and oxygen atoms in total. The smallest absolute Gasteiger partial charge is 0.251 e. The molecule has 0 bridgehead atoms. The van der Waals surface area contributed by atoms with Crippen molar-refractivity contribution in [3.8, 4) is 0 Å². The van der Waals surface area contributed by atoms with E-state index in [2.05, 4.69) is 10.3 Å². The molecule has 0 aliphatic heterocycles. The quantitative estimate of drug-likeness (QED) is 0.801. The van der Waals surface area contributed by atoms with Crippen molar-refractivity contribution in [2.24, 2.45) is 7.05 Å². The summed E-state index contributed by atoms with van der Waals surface area (Å²) in [5.74, 6) is -0.0470. The van der Waals surface area contributed by atoms with Gasteiger partial charge >= 0.3 is 0 Å². The zero-order chi connectivity index (χ0) is 14.8. The van der Waals surface area contributed by atoms with E-state index in [9.17, 15) is 4.79 Å². The molecule has 1 N–H and O–H groups in total. The number of fused-ring (bicyclic) bond motifs is 1. The fourth-order valence-corrected chi connectivity index (χ4v) is 2.40. The normalized spacial score (nSPS) is 10.8. The lowest BCUT2D eigenvalue weighted by atomic mass is 10.1.